The van der Waals surface area contributed by atoms with Gasteiger partial charge in [-0.1, -0.05) is 37.8 Å². The van der Waals surface area contributed by atoms with Crippen LogP contribution in [-0.4, -0.2) is 60.5 Å². The number of nitrogens with one attached hydrogen (secondary N) is 1. The fourth-order valence-corrected chi connectivity index (χ4v) is 4.74. The molecule has 1 aromatic rings. The number of urea groups is 1. The molecule has 7 nitrogen and oxygen atoms in total. The van der Waals surface area contributed by atoms with Crippen LogP contribution in [0, 0.1) is 5.92 Å². The van der Waals surface area contributed by atoms with Crippen molar-refractivity contribution in [3.8, 4) is 5.75 Å². The maximum absolute atomic E-state index is 12.9. The van der Waals surface area contributed by atoms with Gasteiger partial charge in [0.25, 0.3) is 0 Å². The van der Waals surface area contributed by atoms with Crippen molar-refractivity contribution >= 4 is 12.0 Å². The molecule has 2 N–H and O–H groups in total. The van der Waals surface area contributed by atoms with Gasteiger partial charge in [0.2, 0.25) is 0 Å². The molecule has 32 heavy (non-hydrogen) atoms. The third-order valence-electron chi connectivity index (χ3n) is 6.54. The molecule has 1 atom stereocenters. The molecule has 1 unspecified atom stereocenters. The molecule has 0 aliphatic heterocycles. The van der Waals surface area contributed by atoms with E-state index in [2.05, 4.69) is 5.32 Å². The SMILES string of the molecule is CCOC(Cc1ccc(OCCN(CC2CCCC2)C(=O)NC2CCCC2)cc1)C(=O)O. The summed E-state index contributed by atoms with van der Waals surface area (Å²) in [5.74, 6) is 0.357. The average Bonchev–Trinajstić information content (AvgIpc) is 3.48. The minimum Gasteiger partial charge on any atom is -0.492 e. The lowest BCUT2D eigenvalue weighted by atomic mass is 10.1. The van der Waals surface area contributed by atoms with Crippen LogP contribution in [0.1, 0.15) is 63.9 Å². The van der Waals surface area contributed by atoms with Crippen LogP contribution in [0.4, 0.5) is 4.79 Å². The van der Waals surface area contributed by atoms with Crippen molar-refractivity contribution in [2.45, 2.75) is 76.9 Å². The fourth-order valence-electron chi connectivity index (χ4n) is 4.74. The Labute approximate surface area is 191 Å². The number of hydrogen-bond donors (Lipinski definition) is 2. The first kappa shape index (κ1) is 24.4. The fraction of sp³-hybridized carbons (Fsp3) is 0.680. The van der Waals surface area contributed by atoms with Gasteiger partial charge in [0.1, 0.15) is 12.4 Å². The monoisotopic (exact) mass is 446 g/mol. The Hall–Kier alpha value is -2.28. The summed E-state index contributed by atoms with van der Waals surface area (Å²) in [7, 11) is 0. The summed E-state index contributed by atoms with van der Waals surface area (Å²) in [5, 5.41) is 12.5. The smallest absolute Gasteiger partial charge is 0.333 e. The zero-order valence-electron chi connectivity index (χ0n) is 19.3. The summed E-state index contributed by atoms with van der Waals surface area (Å²) in [6.07, 6.45) is 8.97. The molecule has 2 aliphatic carbocycles. The molecular formula is C25H38N2O5. The lowest BCUT2D eigenvalue weighted by Gasteiger charge is -2.27. The maximum atomic E-state index is 12.9. The first-order chi connectivity index (χ1) is 15.5. The van der Waals surface area contributed by atoms with Crippen LogP contribution in [0.3, 0.4) is 0 Å². The molecule has 2 saturated carbocycles. The highest BCUT2D eigenvalue weighted by Gasteiger charge is 2.25. The van der Waals surface area contributed by atoms with Crippen LogP contribution < -0.4 is 10.1 Å². The molecular weight excluding hydrogens is 408 g/mol. The first-order valence-electron chi connectivity index (χ1n) is 12.2. The number of carbonyl (C=O) groups is 2. The van der Waals surface area contributed by atoms with Gasteiger partial charge in [-0.3, -0.25) is 0 Å². The number of nitrogens with zero attached hydrogens (tertiary/aromatic N) is 1. The maximum Gasteiger partial charge on any atom is 0.333 e. The van der Waals surface area contributed by atoms with E-state index in [9.17, 15) is 14.7 Å². The normalized spacial score (nSPS) is 17.9. The van der Waals surface area contributed by atoms with Crippen LogP contribution in [0.2, 0.25) is 0 Å². The van der Waals surface area contributed by atoms with Gasteiger partial charge in [-0.15, -0.1) is 0 Å². The number of aliphatic carboxylic acids is 1. The summed E-state index contributed by atoms with van der Waals surface area (Å²) < 4.78 is 11.2. The lowest BCUT2D eigenvalue weighted by Crippen LogP contribution is -2.47. The predicted octanol–water partition coefficient (Wildman–Crippen LogP) is 4.24. The van der Waals surface area contributed by atoms with E-state index in [1.807, 2.05) is 29.2 Å². The van der Waals surface area contributed by atoms with Crippen molar-refractivity contribution in [3.05, 3.63) is 29.8 Å². The molecule has 0 bridgehead atoms. The Kier molecular flexibility index (Phi) is 9.65. The van der Waals surface area contributed by atoms with E-state index in [0.29, 0.717) is 43.9 Å². The van der Waals surface area contributed by atoms with Gasteiger partial charge in [0.05, 0.1) is 6.54 Å². The first-order valence-corrected chi connectivity index (χ1v) is 12.2. The van der Waals surface area contributed by atoms with E-state index in [1.165, 1.54) is 38.5 Å². The number of carboxylic acid groups (broad SMARTS) is 1. The summed E-state index contributed by atoms with van der Waals surface area (Å²) in [6.45, 7) is 3.94. The average molecular weight is 447 g/mol. The highest BCUT2D eigenvalue weighted by molar-refractivity contribution is 5.74. The Morgan fingerprint density at radius 1 is 1.09 bits per heavy atom. The topological polar surface area (TPSA) is 88.1 Å². The number of amides is 2. The van der Waals surface area contributed by atoms with E-state index in [1.54, 1.807) is 6.92 Å². The Balaban J connectivity index is 1.49. The van der Waals surface area contributed by atoms with E-state index >= 15 is 0 Å². The molecule has 1 aromatic carbocycles. The Morgan fingerprint density at radius 3 is 2.38 bits per heavy atom. The van der Waals surface area contributed by atoms with Crippen molar-refractivity contribution in [2.75, 3.05) is 26.3 Å². The van der Waals surface area contributed by atoms with E-state index in [0.717, 1.165) is 24.9 Å². The van der Waals surface area contributed by atoms with E-state index in [4.69, 9.17) is 9.47 Å². The Bertz CT molecular complexity index is 712. The molecule has 0 saturated heterocycles. The minimum absolute atomic E-state index is 0.0402. The van der Waals surface area contributed by atoms with Gasteiger partial charge in [-0.05, 0) is 56.2 Å². The minimum atomic E-state index is -0.953. The number of carbonyl (C=O) groups excluding carboxylic acids is 1. The molecule has 2 fully saturated rings. The molecule has 0 radical (unpaired) electrons. The molecule has 178 valence electrons. The van der Waals surface area contributed by atoms with Crippen LogP contribution >= 0.6 is 0 Å². The van der Waals surface area contributed by atoms with Crippen LogP contribution in [0.15, 0.2) is 24.3 Å². The zero-order chi connectivity index (χ0) is 22.8. The number of ether oxygens (including phenoxy) is 2. The lowest BCUT2D eigenvalue weighted by molar-refractivity contribution is -0.149. The van der Waals surface area contributed by atoms with E-state index in [-0.39, 0.29) is 6.03 Å². The van der Waals surface area contributed by atoms with Gasteiger partial charge < -0.3 is 24.8 Å². The zero-order valence-corrected chi connectivity index (χ0v) is 19.3. The second kappa shape index (κ2) is 12.7. The van der Waals surface area contributed by atoms with Crippen molar-refractivity contribution in [3.63, 3.8) is 0 Å². The molecule has 2 aliphatic rings. The van der Waals surface area contributed by atoms with Crippen LogP contribution in [0.5, 0.6) is 5.75 Å². The summed E-state index contributed by atoms with van der Waals surface area (Å²) in [4.78, 5) is 26.1. The quantitative estimate of drug-likeness (QED) is 0.501. The highest BCUT2D eigenvalue weighted by Crippen LogP contribution is 2.26. The van der Waals surface area contributed by atoms with Gasteiger partial charge >= 0.3 is 12.0 Å². The van der Waals surface area contributed by atoms with E-state index < -0.39 is 12.1 Å². The molecule has 0 spiro atoms. The molecule has 3 rings (SSSR count). The van der Waals surface area contributed by atoms with Crippen molar-refractivity contribution in [1.29, 1.82) is 0 Å². The van der Waals surface area contributed by atoms with Gasteiger partial charge in [0, 0.05) is 25.6 Å². The largest absolute Gasteiger partial charge is 0.492 e. The summed E-state index contributed by atoms with van der Waals surface area (Å²) in [5.41, 5.74) is 0.886. The number of carboxylic acids is 1. The molecule has 0 aromatic heterocycles. The number of benzene rings is 1. The standard InChI is InChI=1S/C25H38N2O5/c1-2-31-23(24(28)29)17-19-11-13-22(14-12-19)32-16-15-27(18-20-7-3-4-8-20)25(30)26-21-9-5-6-10-21/h11-14,20-21,23H,2-10,15-18H2,1H3,(H,26,30)(H,28,29). The van der Waals surface area contributed by atoms with Gasteiger partial charge in [0.15, 0.2) is 6.10 Å². The molecule has 7 heteroatoms. The van der Waals surface area contributed by atoms with Crippen LogP contribution in [-0.2, 0) is 16.0 Å². The third kappa shape index (κ3) is 7.69. The highest BCUT2D eigenvalue weighted by atomic mass is 16.5. The van der Waals surface area contributed by atoms with Crippen LogP contribution in [0.25, 0.3) is 0 Å². The van der Waals surface area contributed by atoms with Gasteiger partial charge in [-0.25, -0.2) is 9.59 Å². The second-order valence-electron chi connectivity index (χ2n) is 9.01. The summed E-state index contributed by atoms with van der Waals surface area (Å²) >= 11 is 0. The third-order valence-corrected chi connectivity index (χ3v) is 6.54. The second-order valence-corrected chi connectivity index (χ2v) is 9.01. The van der Waals surface area contributed by atoms with Crippen molar-refractivity contribution < 1.29 is 24.2 Å². The summed E-state index contributed by atoms with van der Waals surface area (Å²) in [6, 6.07) is 7.78. The Morgan fingerprint density at radius 2 is 1.75 bits per heavy atom. The van der Waals surface area contributed by atoms with Crippen molar-refractivity contribution in [2.24, 2.45) is 5.92 Å². The predicted molar refractivity (Wildman–Crippen MR) is 123 cm³/mol. The molecule has 0 heterocycles. The van der Waals surface area contributed by atoms with Crippen molar-refractivity contribution in [1.82, 2.24) is 10.2 Å². The van der Waals surface area contributed by atoms with Gasteiger partial charge in [-0.2, -0.15) is 0 Å². The molecule has 2 amide bonds. The number of rotatable bonds is 12. The number of hydrogen-bond acceptors (Lipinski definition) is 4.